The number of anilines is 1. The molecule has 2 amide bonds. The molecule has 7 nitrogen and oxygen atoms in total. The van der Waals surface area contributed by atoms with Gasteiger partial charge in [-0.25, -0.2) is 14.2 Å². The fourth-order valence-electron chi connectivity index (χ4n) is 3.45. The van der Waals surface area contributed by atoms with E-state index in [1.54, 1.807) is 18.3 Å². The molecule has 2 unspecified atom stereocenters. The van der Waals surface area contributed by atoms with Crippen LogP contribution in [0, 0.1) is 5.82 Å². The maximum Gasteiger partial charge on any atom is 0.315 e. The van der Waals surface area contributed by atoms with Crippen molar-refractivity contribution in [2.75, 3.05) is 25.1 Å². The molecule has 0 spiro atoms. The van der Waals surface area contributed by atoms with Crippen LogP contribution in [0.5, 0.6) is 5.88 Å². The van der Waals surface area contributed by atoms with Gasteiger partial charge in [0.25, 0.3) is 0 Å². The lowest BCUT2D eigenvalue weighted by molar-refractivity contribution is -0.00539. The molecule has 0 aliphatic carbocycles. The van der Waals surface area contributed by atoms with E-state index in [2.05, 4.69) is 15.6 Å². The Morgan fingerprint density at radius 2 is 1.97 bits per heavy atom. The zero-order valence-electron chi connectivity index (χ0n) is 16.9. The molecule has 2 aromatic rings. The van der Waals surface area contributed by atoms with E-state index in [9.17, 15) is 9.18 Å². The Kier molecular flexibility index (Phi) is 6.87. The van der Waals surface area contributed by atoms with Gasteiger partial charge >= 0.3 is 6.03 Å². The first kappa shape index (κ1) is 20.9. The largest absolute Gasteiger partial charge is 0.481 e. The Labute approximate surface area is 170 Å². The highest BCUT2D eigenvalue weighted by Crippen LogP contribution is 2.24. The van der Waals surface area contributed by atoms with E-state index in [1.807, 2.05) is 30.9 Å². The molecule has 1 aliphatic rings. The van der Waals surface area contributed by atoms with Crippen molar-refractivity contribution in [3.8, 4) is 5.88 Å². The van der Waals surface area contributed by atoms with Crippen molar-refractivity contribution in [3.63, 3.8) is 0 Å². The number of aromatic nitrogens is 1. The number of nitrogens with zero attached hydrogens (tertiary/aromatic N) is 2. The Morgan fingerprint density at radius 3 is 2.66 bits per heavy atom. The molecule has 29 heavy (non-hydrogen) atoms. The summed E-state index contributed by atoms with van der Waals surface area (Å²) in [6.07, 6.45) is 1.74. The standard InChI is InChI=1S/C21H27FN4O3/c1-14-12-26(13-15(2)29-14)19-7-6-16(9-18(19)22)10-24-21(27)25-11-17-5-4-8-23-20(17)28-3/h4-9,14-15H,10-13H2,1-3H3,(H2,24,25,27). The normalized spacial score (nSPS) is 19.0. The van der Waals surface area contributed by atoms with E-state index in [0.29, 0.717) is 30.2 Å². The fraction of sp³-hybridized carbons (Fsp3) is 0.429. The Bertz CT molecular complexity index is 838. The number of pyridine rings is 1. The Hall–Kier alpha value is -2.87. The third-order valence-corrected chi connectivity index (χ3v) is 4.71. The zero-order chi connectivity index (χ0) is 20.8. The van der Waals surface area contributed by atoms with Crippen LogP contribution in [0.25, 0.3) is 0 Å². The number of hydrogen-bond donors (Lipinski definition) is 2. The quantitative estimate of drug-likeness (QED) is 0.777. The number of urea groups is 1. The molecule has 1 saturated heterocycles. The summed E-state index contributed by atoms with van der Waals surface area (Å²) >= 11 is 0. The van der Waals surface area contributed by atoms with Crippen LogP contribution in [0.3, 0.4) is 0 Å². The van der Waals surface area contributed by atoms with Gasteiger partial charge in [-0.3, -0.25) is 0 Å². The van der Waals surface area contributed by atoms with Crippen molar-refractivity contribution in [1.29, 1.82) is 0 Å². The van der Waals surface area contributed by atoms with Gasteiger partial charge in [0.2, 0.25) is 5.88 Å². The van der Waals surface area contributed by atoms with Crippen LogP contribution in [0.4, 0.5) is 14.9 Å². The molecule has 156 valence electrons. The first-order chi connectivity index (χ1) is 14.0. The minimum absolute atomic E-state index is 0.0571. The lowest BCUT2D eigenvalue weighted by Crippen LogP contribution is -2.45. The first-order valence-electron chi connectivity index (χ1n) is 9.64. The number of rotatable bonds is 6. The van der Waals surface area contributed by atoms with Gasteiger partial charge in [-0.1, -0.05) is 12.1 Å². The molecule has 2 heterocycles. The van der Waals surface area contributed by atoms with Gasteiger partial charge in [0, 0.05) is 37.9 Å². The van der Waals surface area contributed by atoms with Gasteiger partial charge in [0.15, 0.2) is 0 Å². The third kappa shape index (κ3) is 5.57. The topological polar surface area (TPSA) is 75.7 Å². The van der Waals surface area contributed by atoms with E-state index in [0.717, 1.165) is 5.56 Å². The van der Waals surface area contributed by atoms with Gasteiger partial charge in [-0.05, 0) is 37.6 Å². The molecule has 0 saturated carbocycles. The van der Waals surface area contributed by atoms with Crippen LogP contribution in [0.2, 0.25) is 0 Å². The Balaban J connectivity index is 1.53. The van der Waals surface area contributed by atoms with E-state index >= 15 is 0 Å². The minimum Gasteiger partial charge on any atom is -0.481 e. The number of morpholine rings is 1. The summed E-state index contributed by atoms with van der Waals surface area (Å²) in [7, 11) is 1.53. The van der Waals surface area contributed by atoms with Crippen LogP contribution in [-0.2, 0) is 17.8 Å². The monoisotopic (exact) mass is 402 g/mol. The van der Waals surface area contributed by atoms with Crippen molar-refractivity contribution in [3.05, 3.63) is 53.5 Å². The van der Waals surface area contributed by atoms with E-state index in [1.165, 1.54) is 13.2 Å². The summed E-state index contributed by atoms with van der Waals surface area (Å²) < 4.78 is 25.5. The molecule has 1 fully saturated rings. The molecule has 2 N–H and O–H groups in total. The number of carbonyl (C=O) groups is 1. The lowest BCUT2D eigenvalue weighted by Gasteiger charge is -2.37. The van der Waals surface area contributed by atoms with Gasteiger partial charge in [-0.15, -0.1) is 0 Å². The molecule has 8 heteroatoms. The highest BCUT2D eigenvalue weighted by molar-refractivity contribution is 5.73. The van der Waals surface area contributed by atoms with Crippen LogP contribution >= 0.6 is 0 Å². The summed E-state index contributed by atoms with van der Waals surface area (Å²) in [4.78, 5) is 18.1. The number of halogens is 1. The smallest absolute Gasteiger partial charge is 0.315 e. The van der Waals surface area contributed by atoms with Crippen LogP contribution in [0.1, 0.15) is 25.0 Å². The van der Waals surface area contributed by atoms with Crippen LogP contribution in [-0.4, -0.2) is 43.4 Å². The number of hydrogen-bond acceptors (Lipinski definition) is 5. The van der Waals surface area contributed by atoms with Crippen molar-refractivity contribution in [1.82, 2.24) is 15.6 Å². The Morgan fingerprint density at radius 1 is 1.24 bits per heavy atom. The van der Waals surface area contributed by atoms with Gasteiger partial charge < -0.3 is 25.0 Å². The SMILES string of the molecule is COc1ncccc1CNC(=O)NCc1ccc(N2CC(C)OC(C)C2)c(F)c1. The second-order valence-corrected chi connectivity index (χ2v) is 7.16. The highest BCUT2D eigenvalue weighted by atomic mass is 19.1. The average Bonchev–Trinajstić information content (AvgIpc) is 2.70. The molecular formula is C21H27FN4O3. The van der Waals surface area contributed by atoms with Gasteiger partial charge in [0.05, 0.1) is 25.0 Å². The van der Waals surface area contributed by atoms with Crippen molar-refractivity contribution >= 4 is 11.7 Å². The number of ether oxygens (including phenoxy) is 2. The summed E-state index contributed by atoms with van der Waals surface area (Å²) in [5, 5.41) is 5.48. The molecular weight excluding hydrogens is 375 g/mol. The van der Waals surface area contributed by atoms with Crippen molar-refractivity contribution in [2.24, 2.45) is 0 Å². The number of benzene rings is 1. The number of carbonyl (C=O) groups excluding carboxylic acids is 1. The number of amides is 2. The molecule has 2 atom stereocenters. The molecule has 1 aliphatic heterocycles. The maximum atomic E-state index is 14.6. The van der Waals surface area contributed by atoms with Gasteiger partial charge in [-0.2, -0.15) is 0 Å². The second kappa shape index (κ2) is 9.56. The second-order valence-electron chi connectivity index (χ2n) is 7.16. The molecule has 3 rings (SSSR count). The first-order valence-corrected chi connectivity index (χ1v) is 9.64. The average molecular weight is 402 g/mol. The van der Waals surface area contributed by atoms with E-state index in [4.69, 9.17) is 9.47 Å². The molecule has 0 radical (unpaired) electrons. The van der Waals surface area contributed by atoms with Crippen molar-refractivity contribution < 1.29 is 18.7 Å². The highest BCUT2D eigenvalue weighted by Gasteiger charge is 2.24. The molecule has 1 aromatic carbocycles. The minimum atomic E-state index is -0.351. The van der Waals surface area contributed by atoms with Gasteiger partial charge in [0.1, 0.15) is 5.82 Å². The molecule has 1 aromatic heterocycles. The predicted molar refractivity (Wildman–Crippen MR) is 108 cm³/mol. The zero-order valence-corrected chi connectivity index (χ0v) is 16.9. The maximum absolute atomic E-state index is 14.6. The van der Waals surface area contributed by atoms with Crippen molar-refractivity contribution in [2.45, 2.75) is 39.1 Å². The fourth-order valence-corrected chi connectivity index (χ4v) is 3.45. The van der Waals surface area contributed by atoms with E-state index in [-0.39, 0.29) is 37.1 Å². The summed E-state index contributed by atoms with van der Waals surface area (Å²) in [6.45, 7) is 5.78. The molecule has 0 bridgehead atoms. The third-order valence-electron chi connectivity index (χ3n) is 4.71. The predicted octanol–water partition coefficient (Wildman–Crippen LogP) is 2.84. The lowest BCUT2D eigenvalue weighted by atomic mass is 10.1. The number of nitrogens with one attached hydrogen (secondary N) is 2. The van der Waals surface area contributed by atoms with E-state index < -0.39 is 0 Å². The number of methoxy groups -OCH3 is 1. The summed E-state index contributed by atoms with van der Waals surface area (Å²) in [5.74, 6) is 0.170. The van der Waals surface area contributed by atoms with Crippen LogP contribution < -0.4 is 20.3 Å². The summed E-state index contributed by atoms with van der Waals surface area (Å²) in [5.41, 5.74) is 2.02. The summed E-state index contributed by atoms with van der Waals surface area (Å²) in [6, 6.07) is 8.30. The van der Waals surface area contributed by atoms with Crippen LogP contribution in [0.15, 0.2) is 36.5 Å².